The van der Waals surface area contributed by atoms with Crippen LogP contribution in [-0.2, 0) is 0 Å². The van der Waals surface area contributed by atoms with E-state index in [1.165, 1.54) is 0 Å². The molecule has 0 atom stereocenters. The highest BCUT2D eigenvalue weighted by Crippen LogP contribution is 2.03. The number of allylic oxidation sites excluding steroid dienone is 1. The van der Waals surface area contributed by atoms with E-state index in [0.29, 0.717) is 5.56 Å². The summed E-state index contributed by atoms with van der Waals surface area (Å²) in [6, 6.07) is 7.30. The molecule has 1 radical (unpaired) electrons. The fourth-order valence-corrected chi connectivity index (χ4v) is 0.814. The third-order valence-corrected chi connectivity index (χ3v) is 1.49. The molecular formula is C10H9O. The highest BCUT2D eigenvalue weighted by atomic mass is 16.1. The minimum Gasteiger partial charge on any atom is -0.289 e. The molecule has 0 aliphatic rings. The fraction of sp³-hybridized carbons (Fsp3) is 0.100. The van der Waals surface area contributed by atoms with Gasteiger partial charge in [-0.25, -0.2) is 0 Å². The Labute approximate surface area is 66.4 Å². The van der Waals surface area contributed by atoms with E-state index in [1.54, 1.807) is 12.1 Å². The van der Waals surface area contributed by atoms with E-state index in [2.05, 4.69) is 0 Å². The maximum absolute atomic E-state index is 10.9. The lowest BCUT2D eigenvalue weighted by atomic mass is 10.1. The van der Waals surface area contributed by atoms with Crippen molar-refractivity contribution in [1.29, 1.82) is 0 Å². The fourth-order valence-electron chi connectivity index (χ4n) is 0.814. The monoisotopic (exact) mass is 145 g/mol. The molecule has 0 heterocycles. The van der Waals surface area contributed by atoms with Crippen LogP contribution in [0.25, 0.3) is 0 Å². The number of carbonyl (C=O) groups is 1. The van der Waals surface area contributed by atoms with Gasteiger partial charge < -0.3 is 0 Å². The van der Waals surface area contributed by atoms with Crippen molar-refractivity contribution >= 4 is 5.78 Å². The van der Waals surface area contributed by atoms with Gasteiger partial charge in [0.15, 0.2) is 5.78 Å². The number of aryl methyl sites for hydroxylation is 1. The first-order valence-electron chi connectivity index (χ1n) is 3.40. The van der Waals surface area contributed by atoms with Crippen molar-refractivity contribution in [2.24, 2.45) is 0 Å². The number of hydrogen-bond donors (Lipinski definition) is 0. The second-order valence-electron chi connectivity index (χ2n) is 2.40. The van der Waals surface area contributed by atoms with Gasteiger partial charge in [0.05, 0.1) is 0 Å². The zero-order valence-corrected chi connectivity index (χ0v) is 6.37. The van der Waals surface area contributed by atoms with E-state index < -0.39 is 0 Å². The number of rotatable bonds is 2. The highest BCUT2D eigenvalue weighted by molar-refractivity contribution is 6.03. The van der Waals surface area contributed by atoms with E-state index in [-0.39, 0.29) is 5.78 Å². The Kier molecular flexibility index (Phi) is 2.21. The molecule has 0 N–H and O–H groups in total. The first-order valence-corrected chi connectivity index (χ1v) is 3.40. The highest BCUT2D eigenvalue weighted by Gasteiger charge is 1.97. The average molecular weight is 145 g/mol. The first-order chi connectivity index (χ1) is 5.24. The van der Waals surface area contributed by atoms with Crippen LogP contribution in [0, 0.1) is 13.5 Å². The lowest BCUT2D eigenvalue weighted by Gasteiger charge is -1.94. The van der Waals surface area contributed by atoms with Crippen LogP contribution in [0.1, 0.15) is 15.9 Å². The van der Waals surface area contributed by atoms with Crippen molar-refractivity contribution in [3.8, 4) is 0 Å². The minimum atomic E-state index is -0.134. The van der Waals surface area contributed by atoms with Gasteiger partial charge in [0.1, 0.15) is 0 Å². The number of ketones is 1. The molecular weight excluding hydrogens is 136 g/mol. The van der Waals surface area contributed by atoms with Gasteiger partial charge in [0.2, 0.25) is 0 Å². The summed E-state index contributed by atoms with van der Waals surface area (Å²) in [6.45, 7) is 7.04. The normalized spacial score (nSPS) is 9.18. The molecule has 0 unspecified atom stereocenters. The lowest BCUT2D eigenvalue weighted by Crippen LogP contribution is -1.92. The third-order valence-electron chi connectivity index (χ3n) is 1.49. The number of benzene rings is 1. The van der Waals surface area contributed by atoms with Gasteiger partial charge in [-0.3, -0.25) is 4.79 Å². The molecule has 55 valence electrons. The van der Waals surface area contributed by atoms with Crippen LogP contribution < -0.4 is 0 Å². The quantitative estimate of drug-likeness (QED) is 0.460. The molecule has 1 aromatic rings. The Bertz CT molecular complexity index is 269. The molecule has 0 bridgehead atoms. The SMILES string of the molecule is [CH]=CC(=O)c1ccc(C)cc1. The molecule has 0 aliphatic heterocycles. The molecule has 11 heavy (non-hydrogen) atoms. The summed E-state index contributed by atoms with van der Waals surface area (Å²) in [5.74, 6) is -0.134. The Morgan fingerprint density at radius 2 is 1.91 bits per heavy atom. The molecule has 0 aromatic heterocycles. The first kappa shape index (κ1) is 7.73. The molecule has 1 rings (SSSR count). The van der Waals surface area contributed by atoms with Crippen LogP contribution in [-0.4, -0.2) is 5.78 Å². The predicted molar refractivity (Wildman–Crippen MR) is 44.4 cm³/mol. The maximum atomic E-state index is 10.9. The van der Waals surface area contributed by atoms with Gasteiger partial charge in [-0.05, 0) is 13.0 Å². The average Bonchev–Trinajstić information content (AvgIpc) is 2.05. The van der Waals surface area contributed by atoms with Crippen molar-refractivity contribution in [2.45, 2.75) is 6.92 Å². The minimum absolute atomic E-state index is 0.134. The van der Waals surface area contributed by atoms with E-state index in [0.717, 1.165) is 11.6 Å². The van der Waals surface area contributed by atoms with Crippen LogP contribution in [0.3, 0.4) is 0 Å². The molecule has 0 aliphatic carbocycles. The van der Waals surface area contributed by atoms with E-state index in [1.807, 2.05) is 19.1 Å². The van der Waals surface area contributed by atoms with Crippen molar-refractivity contribution in [1.82, 2.24) is 0 Å². The topological polar surface area (TPSA) is 17.1 Å². The van der Waals surface area contributed by atoms with Crippen LogP contribution >= 0.6 is 0 Å². The molecule has 0 amide bonds. The molecule has 0 fully saturated rings. The zero-order chi connectivity index (χ0) is 8.27. The van der Waals surface area contributed by atoms with Gasteiger partial charge in [-0.1, -0.05) is 36.4 Å². The second kappa shape index (κ2) is 3.15. The summed E-state index contributed by atoms with van der Waals surface area (Å²) in [5, 5.41) is 0. The zero-order valence-electron chi connectivity index (χ0n) is 6.37. The molecule has 0 spiro atoms. The summed E-state index contributed by atoms with van der Waals surface area (Å²) in [6.07, 6.45) is 1.07. The van der Waals surface area contributed by atoms with Crippen LogP contribution in [0.4, 0.5) is 0 Å². The van der Waals surface area contributed by atoms with Gasteiger partial charge in [-0.2, -0.15) is 0 Å². The third kappa shape index (κ3) is 1.77. The summed E-state index contributed by atoms with van der Waals surface area (Å²) in [4.78, 5) is 10.9. The van der Waals surface area contributed by atoms with Crippen LogP contribution in [0.2, 0.25) is 0 Å². The number of carbonyl (C=O) groups excluding carboxylic acids is 1. The van der Waals surface area contributed by atoms with Crippen molar-refractivity contribution < 1.29 is 4.79 Å². The molecule has 1 aromatic carbocycles. The molecule has 0 saturated heterocycles. The maximum Gasteiger partial charge on any atom is 0.185 e. The van der Waals surface area contributed by atoms with Gasteiger partial charge in [-0.15, -0.1) is 0 Å². The summed E-state index contributed by atoms with van der Waals surface area (Å²) >= 11 is 0. The van der Waals surface area contributed by atoms with Gasteiger partial charge >= 0.3 is 0 Å². The smallest absolute Gasteiger partial charge is 0.185 e. The van der Waals surface area contributed by atoms with E-state index in [9.17, 15) is 4.79 Å². The Morgan fingerprint density at radius 3 is 2.36 bits per heavy atom. The lowest BCUT2D eigenvalue weighted by molar-refractivity contribution is 0.104. The largest absolute Gasteiger partial charge is 0.289 e. The summed E-state index contributed by atoms with van der Waals surface area (Å²) < 4.78 is 0. The Hall–Kier alpha value is -1.37. The molecule has 0 saturated carbocycles. The molecule has 1 nitrogen and oxygen atoms in total. The Balaban J connectivity index is 2.98. The second-order valence-corrected chi connectivity index (χ2v) is 2.40. The standard InChI is InChI=1S/C10H9O/c1-3-10(11)9-6-4-8(2)5-7-9/h1,3-7H,2H3. The van der Waals surface area contributed by atoms with Crippen LogP contribution in [0.15, 0.2) is 30.3 Å². The van der Waals surface area contributed by atoms with E-state index >= 15 is 0 Å². The van der Waals surface area contributed by atoms with Crippen molar-refractivity contribution in [3.63, 3.8) is 0 Å². The van der Waals surface area contributed by atoms with Gasteiger partial charge in [0, 0.05) is 5.56 Å². The van der Waals surface area contributed by atoms with Crippen LogP contribution in [0.5, 0.6) is 0 Å². The van der Waals surface area contributed by atoms with E-state index in [4.69, 9.17) is 6.58 Å². The molecule has 1 heteroatoms. The predicted octanol–water partition coefficient (Wildman–Crippen LogP) is 2.17. The summed E-state index contributed by atoms with van der Waals surface area (Å²) in [5.41, 5.74) is 1.77. The summed E-state index contributed by atoms with van der Waals surface area (Å²) in [7, 11) is 0. The van der Waals surface area contributed by atoms with Gasteiger partial charge in [0.25, 0.3) is 0 Å². The van der Waals surface area contributed by atoms with Crippen molar-refractivity contribution in [3.05, 3.63) is 48.0 Å². The number of hydrogen-bond acceptors (Lipinski definition) is 1. The Morgan fingerprint density at radius 1 is 1.36 bits per heavy atom. The van der Waals surface area contributed by atoms with Crippen molar-refractivity contribution in [2.75, 3.05) is 0 Å².